The van der Waals surface area contributed by atoms with E-state index in [4.69, 9.17) is 4.74 Å². The number of fused-ring (bicyclic) bond motifs is 1. The molecule has 0 aliphatic carbocycles. The Morgan fingerprint density at radius 1 is 1.21 bits per heavy atom. The molecule has 0 bridgehead atoms. The lowest BCUT2D eigenvalue weighted by atomic mass is 10.1. The second kappa shape index (κ2) is 7.34. The number of hydrogen-bond acceptors (Lipinski definition) is 4. The maximum absolute atomic E-state index is 12.8. The summed E-state index contributed by atoms with van der Waals surface area (Å²) in [4.78, 5) is 12.5. The van der Waals surface area contributed by atoms with Gasteiger partial charge in [0.05, 0.1) is 24.1 Å². The molecule has 10 heteroatoms. The fraction of sp³-hybridized carbons (Fsp3) is 0.278. The fourth-order valence-electron chi connectivity index (χ4n) is 2.81. The lowest BCUT2D eigenvalue weighted by Gasteiger charge is -2.33. The molecular formula is C18H17F3N2O4S. The van der Waals surface area contributed by atoms with Crippen molar-refractivity contribution in [1.82, 2.24) is 5.32 Å². The van der Waals surface area contributed by atoms with E-state index in [0.29, 0.717) is 5.69 Å². The van der Waals surface area contributed by atoms with Crippen molar-refractivity contribution in [2.24, 2.45) is 0 Å². The molecule has 0 unspecified atom stereocenters. The maximum Gasteiger partial charge on any atom is 0.416 e. The molecule has 0 aromatic heterocycles. The molecule has 1 amide bonds. The Balaban J connectivity index is 1.74. The molecule has 2 aromatic carbocycles. The van der Waals surface area contributed by atoms with Gasteiger partial charge < -0.3 is 10.1 Å². The van der Waals surface area contributed by atoms with Crippen LogP contribution in [-0.2, 0) is 27.5 Å². The molecule has 3 rings (SSSR count). The van der Waals surface area contributed by atoms with Gasteiger partial charge in [-0.2, -0.15) is 13.2 Å². The van der Waals surface area contributed by atoms with Gasteiger partial charge in [-0.05, 0) is 29.8 Å². The van der Waals surface area contributed by atoms with Gasteiger partial charge in [0, 0.05) is 6.54 Å². The van der Waals surface area contributed by atoms with Gasteiger partial charge in [-0.3, -0.25) is 9.10 Å². The van der Waals surface area contributed by atoms with Gasteiger partial charge in [0.25, 0.3) is 5.91 Å². The first-order valence-electron chi connectivity index (χ1n) is 8.23. The summed E-state index contributed by atoms with van der Waals surface area (Å²) in [6.07, 6.45) is -4.59. The van der Waals surface area contributed by atoms with Crippen molar-refractivity contribution in [3.63, 3.8) is 0 Å². The average molecular weight is 414 g/mol. The Labute approximate surface area is 160 Å². The maximum atomic E-state index is 12.8. The van der Waals surface area contributed by atoms with E-state index in [2.05, 4.69) is 5.32 Å². The lowest BCUT2D eigenvalue weighted by molar-refractivity contribution is -0.137. The molecule has 0 fully saturated rings. The second-order valence-corrected chi connectivity index (χ2v) is 8.19. The van der Waals surface area contributed by atoms with E-state index in [1.54, 1.807) is 24.3 Å². The summed E-state index contributed by atoms with van der Waals surface area (Å²) in [5.74, 6) is -0.390. The number of alkyl halides is 3. The van der Waals surface area contributed by atoms with Crippen molar-refractivity contribution in [3.8, 4) is 5.75 Å². The number of sulfonamides is 1. The van der Waals surface area contributed by atoms with Crippen molar-refractivity contribution in [1.29, 1.82) is 0 Å². The van der Waals surface area contributed by atoms with E-state index in [9.17, 15) is 26.4 Å². The molecule has 6 nitrogen and oxygen atoms in total. The van der Waals surface area contributed by atoms with Crippen molar-refractivity contribution in [2.45, 2.75) is 18.8 Å². The second-order valence-electron chi connectivity index (χ2n) is 6.28. The number of carbonyl (C=O) groups excluding carboxylic acids is 1. The number of rotatable bonds is 4. The van der Waals surface area contributed by atoms with Crippen LogP contribution < -0.4 is 14.4 Å². The Hall–Kier alpha value is -2.75. The van der Waals surface area contributed by atoms with Crippen LogP contribution in [-0.4, -0.2) is 33.2 Å². The number of benzene rings is 2. The third-order valence-corrected chi connectivity index (χ3v) is 5.30. The Kier molecular flexibility index (Phi) is 5.24. The van der Waals surface area contributed by atoms with Gasteiger partial charge in [0.2, 0.25) is 10.0 Å². The van der Waals surface area contributed by atoms with E-state index < -0.39 is 33.8 Å². The van der Waals surface area contributed by atoms with Crippen LogP contribution in [0.4, 0.5) is 18.9 Å². The summed E-state index contributed by atoms with van der Waals surface area (Å²) >= 11 is 0. The number of halogens is 3. The number of hydrogen-bond donors (Lipinski definition) is 1. The molecule has 1 atom stereocenters. The first kappa shape index (κ1) is 20.0. The SMILES string of the molecule is CS(=O)(=O)N1C[C@H](C(=O)NCc2cccc(C(F)(F)F)c2)Oc2ccccc21. The standard InChI is InChI=1S/C18H17F3N2O4S/c1-28(25,26)23-11-16(27-15-8-3-2-7-14(15)23)17(24)22-10-12-5-4-6-13(9-12)18(19,20)21/h2-9,16H,10-11H2,1H3,(H,22,24)/t16-/m1/s1. The van der Waals surface area contributed by atoms with Crippen LogP contribution in [0.15, 0.2) is 48.5 Å². The highest BCUT2D eigenvalue weighted by atomic mass is 32.2. The summed E-state index contributed by atoms with van der Waals surface area (Å²) in [6, 6.07) is 11.0. The van der Waals surface area contributed by atoms with Crippen LogP contribution in [0.5, 0.6) is 5.75 Å². The summed E-state index contributed by atoms with van der Waals surface area (Å²) in [5, 5.41) is 2.50. The van der Waals surface area contributed by atoms with Gasteiger partial charge in [0.15, 0.2) is 6.10 Å². The summed E-state index contributed by atoms with van der Waals surface area (Å²) in [5.41, 5.74) is -0.225. The molecule has 1 aliphatic rings. The van der Waals surface area contributed by atoms with Crippen LogP contribution in [0, 0.1) is 0 Å². The van der Waals surface area contributed by atoms with Crippen LogP contribution in [0.2, 0.25) is 0 Å². The zero-order chi connectivity index (χ0) is 20.5. The normalized spacial score (nSPS) is 16.9. The zero-order valence-corrected chi connectivity index (χ0v) is 15.5. The Morgan fingerprint density at radius 3 is 2.61 bits per heavy atom. The first-order valence-corrected chi connectivity index (χ1v) is 10.1. The topological polar surface area (TPSA) is 75.7 Å². The third kappa shape index (κ3) is 4.38. The smallest absolute Gasteiger partial charge is 0.416 e. The summed E-state index contributed by atoms with van der Waals surface area (Å²) < 4.78 is 69.1. The highest BCUT2D eigenvalue weighted by Gasteiger charge is 2.35. The Bertz CT molecular complexity index is 992. The van der Waals surface area contributed by atoms with Crippen LogP contribution in [0.3, 0.4) is 0 Å². The number of amides is 1. The lowest BCUT2D eigenvalue weighted by Crippen LogP contribution is -2.50. The summed E-state index contributed by atoms with van der Waals surface area (Å²) in [7, 11) is -3.65. The molecule has 1 aliphatic heterocycles. The highest BCUT2D eigenvalue weighted by molar-refractivity contribution is 7.92. The van der Waals surface area contributed by atoms with Gasteiger partial charge in [-0.1, -0.05) is 24.3 Å². The quantitative estimate of drug-likeness (QED) is 0.835. The summed E-state index contributed by atoms with van der Waals surface area (Å²) in [6.45, 7) is -0.382. The van der Waals surface area contributed by atoms with Crippen molar-refractivity contribution in [3.05, 3.63) is 59.7 Å². The largest absolute Gasteiger partial charge is 0.476 e. The fourth-order valence-corrected chi connectivity index (χ4v) is 3.73. The first-order chi connectivity index (χ1) is 13.1. The Morgan fingerprint density at radius 2 is 1.93 bits per heavy atom. The van der Waals surface area contributed by atoms with Crippen LogP contribution in [0.1, 0.15) is 11.1 Å². The van der Waals surface area contributed by atoms with Gasteiger partial charge in [-0.15, -0.1) is 0 Å². The minimum Gasteiger partial charge on any atom is -0.476 e. The number of anilines is 1. The van der Waals surface area contributed by atoms with E-state index >= 15 is 0 Å². The number of ether oxygens (including phenoxy) is 1. The molecule has 0 saturated carbocycles. The molecular weight excluding hydrogens is 397 g/mol. The molecule has 0 spiro atoms. The molecule has 2 aromatic rings. The molecule has 28 heavy (non-hydrogen) atoms. The van der Waals surface area contributed by atoms with Gasteiger partial charge in [-0.25, -0.2) is 8.42 Å². The molecule has 1 N–H and O–H groups in total. The highest BCUT2D eigenvalue weighted by Crippen LogP contribution is 2.34. The molecule has 1 heterocycles. The van der Waals surface area contributed by atoms with Gasteiger partial charge in [0.1, 0.15) is 5.75 Å². The van der Waals surface area contributed by atoms with E-state index in [0.717, 1.165) is 22.7 Å². The minimum atomic E-state index is -4.48. The van der Waals surface area contributed by atoms with Crippen molar-refractivity contribution < 1.29 is 31.1 Å². The molecule has 0 saturated heterocycles. The number of carbonyl (C=O) groups is 1. The number of nitrogens with zero attached hydrogens (tertiary/aromatic N) is 1. The van der Waals surface area contributed by atoms with E-state index in [-0.39, 0.29) is 24.4 Å². The predicted molar refractivity (Wildman–Crippen MR) is 96.3 cm³/mol. The van der Waals surface area contributed by atoms with Crippen molar-refractivity contribution in [2.75, 3.05) is 17.1 Å². The van der Waals surface area contributed by atoms with E-state index in [1.165, 1.54) is 12.1 Å². The van der Waals surface area contributed by atoms with Gasteiger partial charge >= 0.3 is 6.18 Å². The van der Waals surface area contributed by atoms with Crippen molar-refractivity contribution >= 4 is 21.6 Å². The van der Waals surface area contributed by atoms with Crippen LogP contribution >= 0.6 is 0 Å². The third-order valence-electron chi connectivity index (χ3n) is 4.15. The zero-order valence-electron chi connectivity index (χ0n) is 14.7. The van der Waals surface area contributed by atoms with E-state index in [1.807, 2.05) is 0 Å². The average Bonchev–Trinajstić information content (AvgIpc) is 2.64. The molecule has 150 valence electrons. The molecule has 0 radical (unpaired) electrons. The van der Waals surface area contributed by atoms with Crippen LogP contribution in [0.25, 0.3) is 0 Å². The minimum absolute atomic E-state index is 0.150. The monoisotopic (exact) mass is 414 g/mol. The number of nitrogens with one attached hydrogen (secondary N) is 1. The number of para-hydroxylation sites is 2. The predicted octanol–water partition coefficient (Wildman–Crippen LogP) is 2.55.